The number of benzene rings is 1. The Kier molecular flexibility index (Phi) is 4.22. The monoisotopic (exact) mass is 356 g/mol. The lowest BCUT2D eigenvalue weighted by Gasteiger charge is -2.31. The maximum Gasteiger partial charge on any atom is 0.163 e. The molecule has 1 aliphatic carbocycles. The molecule has 2 atom stereocenters. The van der Waals surface area contributed by atoms with Gasteiger partial charge in [-0.3, -0.25) is 4.90 Å². The number of fused-ring (bicyclic) bond motifs is 3. The minimum atomic E-state index is 0. The minimum absolute atomic E-state index is 0. The summed E-state index contributed by atoms with van der Waals surface area (Å²) in [5.41, 5.74) is 2.72. The lowest BCUT2D eigenvalue weighted by Crippen LogP contribution is -2.35. The highest BCUT2D eigenvalue weighted by Gasteiger charge is 2.55. The number of nitrogens with one attached hydrogen (secondary N) is 1. The van der Waals surface area contributed by atoms with Crippen LogP contribution < -0.4 is 5.32 Å². The van der Waals surface area contributed by atoms with Crippen LogP contribution in [-0.2, 0) is 6.54 Å². The molecule has 5 rings (SSSR count). The molecule has 1 aromatic carbocycles. The van der Waals surface area contributed by atoms with Crippen molar-refractivity contribution in [1.82, 2.24) is 14.9 Å². The molecule has 2 unspecified atom stereocenters. The molecular formula is C19H24N4OS. The molecule has 2 fully saturated rings. The third kappa shape index (κ3) is 2.92. The predicted molar refractivity (Wildman–Crippen MR) is 100 cm³/mol. The van der Waals surface area contributed by atoms with E-state index in [1.807, 2.05) is 0 Å². The van der Waals surface area contributed by atoms with Gasteiger partial charge in [-0.1, -0.05) is 25.3 Å². The predicted octanol–water partition coefficient (Wildman–Crippen LogP) is 3.53. The molecular weight excluding hydrogens is 332 g/mol. The first kappa shape index (κ1) is 16.8. The lowest BCUT2D eigenvalue weighted by molar-refractivity contribution is 0.116. The van der Waals surface area contributed by atoms with Crippen LogP contribution in [0.4, 0.5) is 11.5 Å². The molecule has 0 radical (unpaired) electrons. The van der Waals surface area contributed by atoms with Crippen LogP contribution >= 0.6 is 11.8 Å². The van der Waals surface area contributed by atoms with Gasteiger partial charge in [0.2, 0.25) is 0 Å². The van der Waals surface area contributed by atoms with Crippen LogP contribution in [0.15, 0.2) is 40.5 Å². The number of hydrogen-bond acceptors (Lipinski definition) is 6. The van der Waals surface area contributed by atoms with Crippen molar-refractivity contribution in [2.45, 2.75) is 36.7 Å². The average molecular weight is 356 g/mol. The van der Waals surface area contributed by atoms with Crippen LogP contribution in [0, 0.1) is 11.3 Å². The van der Waals surface area contributed by atoms with Gasteiger partial charge in [-0.25, -0.2) is 9.97 Å². The second kappa shape index (κ2) is 6.27. The highest BCUT2D eigenvalue weighted by molar-refractivity contribution is 7.99. The van der Waals surface area contributed by atoms with Crippen molar-refractivity contribution in [3.05, 3.63) is 36.2 Å². The number of anilines is 2. The van der Waals surface area contributed by atoms with E-state index in [2.05, 4.69) is 38.4 Å². The highest BCUT2D eigenvalue weighted by atomic mass is 32.2. The molecule has 3 aliphatic rings. The molecule has 2 aromatic rings. The fourth-order valence-corrected chi connectivity index (χ4v) is 4.91. The molecule has 1 saturated carbocycles. The van der Waals surface area contributed by atoms with Gasteiger partial charge in [0.1, 0.15) is 5.03 Å². The Morgan fingerprint density at radius 1 is 1.32 bits per heavy atom. The highest BCUT2D eigenvalue weighted by Crippen LogP contribution is 2.57. The van der Waals surface area contributed by atoms with Gasteiger partial charge in [-0.15, -0.1) is 0 Å². The molecule has 5 nitrogen and oxygen atoms in total. The maximum atomic E-state index is 9.54. The standard InChI is InChI=1S/C18H20N4OS.CH4/c23-11-18-3-6-22(10-13(18)8-18)9-12-1-2-15-14(7-12)21-16-17(24-15)20-5-4-19-16;/h1-2,4-5,7,13,23H,3,6,8-11H2,(H,19,21);1H4. The van der Waals surface area contributed by atoms with Gasteiger partial charge in [-0.2, -0.15) is 0 Å². The van der Waals surface area contributed by atoms with E-state index < -0.39 is 0 Å². The molecule has 1 aromatic heterocycles. The molecule has 6 heteroatoms. The summed E-state index contributed by atoms with van der Waals surface area (Å²) in [6, 6.07) is 6.63. The third-order valence-electron chi connectivity index (χ3n) is 5.65. The summed E-state index contributed by atoms with van der Waals surface area (Å²) in [5, 5.41) is 13.9. The van der Waals surface area contributed by atoms with E-state index in [4.69, 9.17) is 0 Å². The molecule has 132 valence electrons. The molecule has 0 amide bonds. The Balaban J connectivity index is 0.00000157. The molecule has 2 N–H and O–H groups in total. The van der Waals surface area contributed by atoms with E-state index in [-0.39, 0.29) is 12.8 Å². The van der Waals surface area contributed by atoms with E-state index in [1.165, 1.54) is 16.9 Å². The van der Waals surface area contributed by atoms with E-state index in [0.29, 0.717) is 12.5 Å². The Morgan fingerprint density at radius 2 is 2.20 bits per heavy atom. The fraction of sp³-hybridized carbons (Fsp3) is 0.474. The van der Waals surface area contributed by atoms with Crippen LogP contribution in [0.2, 0.25) is 0 Å². The minimum Gasteiger partial charge on any atom is -0.396 e. The molecule has 0 spiro atoms. The number of likely N-dealkylation sites (tertiary alicyclic amines) is 1. The summed E-state index contributed by atoms with van der Waals surface area (Å²) in [6.45, 7) is 3.55. The van der Waals surface area contributed by atoms with Gasteiger partial charge in [0.05, 0.1) is 5.69 Å². The molecule has 25 heavy (non-hydrogen) atoms. The quantitative estimate of drug-likeness (QED) is 0.749. The summed E-state index contributed by atoms with van der Waals surface area (Å²) in [5.74, 6) is 1.54. The lowest BCUT2D eigenvalue weighted by atomic mass is 9.96. The van der Waals surface area contributed by atoms with Crippen molar-refractivity contribution in [3.8, 4) is 0 Å². The van der Waals surface area contributed by atoms with Crippen molar-refractivity contribution in [2.75, 3.05) is 25.0 Å². The Morgan fingerprint density at radius 3 is 3.04 bits per heavy atom. The summed E-state index contributed by atoms with van der Waals surface area (Å²) in [4.78, 5) is 12.5. The zero-order valence-corrected chi connectivity index (χ0v) is 14.2. The molecule has 3 heterocycles. The number of aliphatic hydroxyl groups excluding tert-OH is 1. The van der Waals surface area contributed by atoms with Gasteiger partial charge < -0.3 is 10.4 Å². The zero-order valence-electron chi connectivity index (χ0n) is 13.4. The zero-order chi connectivity index (χ0) is 16.1. The first-order chi connectivity index (χ1) is 11.8. The van der Waals surface area contributed by atoms with Crippen LogP contribution in [-0.4, -0.2) is 39.7 Å². The van der Waals surface area contributed by atoms with Gasteiger partial charge in [0.25, 0.3) is 0 Å². The number of piperidine rings is 1. The molecule has 0 bridgehead atoms. The van der Waals surface area contributed by atoms with Crippen molar-refractivity contribution >= 4 is 23.3 Å². The molecule has 1 saturated heterocycles. The summed E-state index contributed by atoms with van der Waals surface area (Å²) < 4.78 is 0. The average Bonchev–Trinajstić information content (AvgIpc) is 3.34. The van der Waals surface area contributed by atoms with Gasteiger partial charge in [0, 0.05) is 37.0 Å². The van der Waals surface area contributed by atoms with E-state index in [0.717, 1.165) is 42.6 Å². The summed E-state index contributed by atoms with van der Waals surface area (Å²) in [7, 11) is 0. The molecule has 2 aliphatic heterocycles. The number of aromatic nitrogens is 2. The maximum absolute atomic E-state index is 9.54. The van der Waals surface area contributed by atoms with Crippen LogP contribution in [0.3, 0.4) is 0 Å². The topological polar surface area (TPSA) is 61.3 Å². The first-order valence-electron chi connectivity index (χ1n) is 8.48. The third-order valence-corrected chi connectivity index (χ3v) is 6.72. The van der Waals surface area contributed by atoms with Crippen molar-refractivity contribution < 1.29 is 5.11 Å². The summed E-state index contributed by atoms with van der Waals surface area (Å²) in [6.07, 6.45) is 5.79. The number of hydrogen-bond donors (Lipinski definition) is 2. The fourth-order valence-electron chi connectivity index (χ4n) is 4.03. The largest absolute Gasteiger partial charge is 0.396 e. The Labute approximate surface area is 152 Å². The van der Waals surface area contributed by atoms with E-state index in [9.17, 15) is 5.11 Å². The van der Waals surface area contributed by atoms with E-state index in [1.54, 1.807) is 24.2 Å². The van der Waals surface area contributed by atoms with Crippen molar-refractivity contribution in [1.29, 1.82) is 0 Å². The van der Waals surface area contributed by atoms with Crippen LogP contribution in [0.1, 0.15) is 25.8 Å². The van der Waals surface area contributed by atoms with Crippen LogP contribution in [0.5, 0.6) is 0 Å². The van der Waals surface area contributed by atoms with Gasteiger partial charge in [0.15, 0.2) is 5.82 Å². The second-order valence-corrected chi connectivity index (χ2v) is 8.20. The first-order valence-corrected chi connectivity index (χ1v) is 9.29. The van der Waals surface area contributed by atoms with Gasteiger partial charge >= 0.3 is 0 Å². The number of aliphatic hydroxyl groups is 1. The Bertz CT molecular complexity index is 799. The SMILES string of the molecule is C.OCC12CCN(Cc3ccc4c(c3)Nc3nccnc3S4)CC1C2. The van der Waals surface area contributed by atoms with Gasteiger partial charge in [-0.05, 0) is 48.4 Å². The van der Waals surface area contributed by atoms with Crippen LogP contribution in [0.25, 0.3) is 0 Å². The van der Waals surface area contributed by atoms with Crippen molar-refractivity contribution in [2.24, 2.45) is 11.3 Å². The second-order valence-electron chi connectivity index (χ2n) is 7.17. The summed E-state index contributed by atoms with van der Waals surface area (Å²) >= 11 is 1.67. The Hall–Kier alpha value is -1.63. The van der Waals surface area contributed by atoms with Crippen molar-refractivity contribution in [3.63, 3.8) is 0 Å². The normalized spacial score (nSPS) is 26.5. The smallest absolute Gasteiger partial charge is 0.163 e. The number of rotatable bonds is 3. The number of nitrogens with zero attached hydrogens (tertiary/aromatic N) is 3. The van der Waals surface area contributed by atoms with E-state index >= 15 is 0 Å².